The van der Waals surface area contributed by atoms with Crippen LogP contribution in [0.2, 0.25) is 0 Å². The normalized spacial score (nSPS) is 24.4. The first-order valence-corrected chi connectivity index (χ1v) is 12.9. The second-order valence-corrected chi connectivity index (χ2v) is 10.4. The Morgan fingerprint density at radius 2 is 1.81 bits per heavy atom. The molecule has 4 rings (SSSR count). The summed E-state index contributed by atoms with van der Waals surface area (Å²) in [4.78, 5) is 46.6. The highest BCUT2D eigenvalue weighted by Gasteiger charge is 2.40. The van der Waals surface area contributed by atoms with Crippen LogP contribution in [0, 0.1) is 0 Å². The molecule has 3 aliphatic rings. The number of ketones is 1. The molecule has 36 heavy (non-hydrogen) atoms. The van der Waals surface area contributed by atoms with Gasteiger partial charge in [0.1, 0.15) is 18.7 Å². The van der Waals surface area contributed by atoms with Gasteiger partial charge in [0.05, 0.1) is 32.4 Å². The molecule has 1 aromatic rings. The zero-order valence-electron chi connectivity index (χ0n) is 21.2. The van der Waals surface area contributed by atoms with E-state index < -0.39 is 35.6 Å². The fraction of sp³-hybridized carbons (Fsp3) is 0.654. The number of hydrogen-bond acceptors (Lipinski definition) is 8. The maximum atomic E-state index is 13.5. The summed E-state index contributed by atoms with van der Waals surface area (Å²) in [5, 5.41) is 7.16. The van der Waals surface area contributed by atoms with Gasteiger partial charge in [0, 0.05) is 6.54 Å². The minimum atomic E-state index is -0.908. The molecule has 0 spiro atoms. The summed E-state index contributed by atoms with van der Waals surface area (Å²) >= 11 is 0. The number of Topliss-reactive ketones (excluding diaryl/α,β-unsaturated/α-hetero) is 1. The van der Waals surface area contributed by atoms with Crippen LogP contribution in [0.25, 0.3) is 0 Å². The van der Waals surface area contributed by atoms with Crippen molar-refractivity contribution in [2.45, 2.75) is 56.7 Å². The average Bonchev–Trinajstić information content (AvgIpc) is 3.50. The summed E-state index contributed by atoms with van der Waals surface area (Å²) in [6.07, 6.45) is 1.47. The summed E-state index contributed by atoms with van der Waals surface area (Å²) in [7, 11) is 0. The Hall–Kier alpha value is -2.53. The molecule has 3 heterocycles. The predicted molar refractivity (Wildman–Crippen MR) is 132 cm³/mol. The number of rotatable bonds is 9. The molecule has 2 amide bonds. The zero-order chi connectivity index (χ0) is 25.5. The van der Waals surface area contributed by atoms with Crippen LogP contribution in [0.1, 0.15) is 38.7 Å². The third kappa shape index (κ3) is 7.03. The number of carbonyl (C=O) groups excluding carboxylic acids is 3. The van der Waals surface area contributed by atoms with Crippen molar-refractivity contribution in [1.29, 1.82) is 0 Å². The molecule has 1 aromatic carbocycles. The summed E-state index contributed by atoms with van der Waals surface area (Å²) in [6.45, 7) is 8.45. The van der Waals surface area contributed by atoms with E-state index in [9.17, 15) is 14.4 Å². The van der Waals surface area contributed by atoms with Crippen molar-refractivity contribution >= 4 is 17.8 Å². The van der Waals surface area contributed by atoms with Gasteiger partial charge in [0.2, 0.25) is 5.91 Å². The minimum absolute atomic E-state index is 0.0177. The lowest BCUT2D eigenvalue weighted by atomic mass is 9.79. The summed E-state index contributed by atoms with van der Waals surface area (Å²) in [5.74, 6) is -0.572. The molecular formula is C26H38N4O6. The van der Waals surface area contributed by atoms with Gasteiger partial charge in [-0.3, -0.25) is 9.59 Å². The Morgan fingerprint density at radius 1 is 1.11 bits per heavy atom. The highest BCUT2D eigenvalue weighted by molar-refractivity contribution is 5.94. The number of morpholine rings is 1. The molecule has 10 heteroatoms. The van der Waals surface area contributed by atoms with Crippen molar-refractivity contribution in [1.82, 2.24) is 20.6 Å². The van der Waals surface area contributed by atoms with E-state index in [0.29, 0.717) is 39.3 Å². The third-order valence-electron chi connectivity index (χ3n) is 7.15. The van der Waals surface area contributed by atoms with Gasteiger partial charge < -0.3 is 29.8 Å². The number of amides is 2. The Morgan fingerprint density at radius 3 is 2.50 bits per heavy atom. The SMILES string of the molecule is CC(C)(C[C@H](NC(=O)ON1CCOCC1)C(=O)NC1C(=O)COC1CN1CCCC1)c1ccccc1. The van der Waals surface area contributed by atoms with E-state index in [1.54, 1.807) is 0 Å². The average molecular weight is 503 g/mol. The topological polar surface area (TPSA) is 109 Å². The Kier molecular flexibility index (Phi) is 8.95. The van der Waals surface area contributed by atoms with Crippen molar-refractivity contribution in [3.05, 3.63) is 35.9 Å². The molecule has 198 valence electrons. The van der Waals surface area contributed by atoms with Crippen molar-refractivity contribution in [2.24, 2.45) is 0 Å². The van der Waals surface area contributed by atoms with Gasteiger partial charge in [0.25, 0.3) is 0 Å². The van der Waals surface area contributed by atoms with Gasteiger partial charge in [-0.1, -0.05) is 44.2 Å². The lowest BCUT2D eigenvalue weighted by molar-refractivity contribution is -0.147. The van der Waals surface area contributed by atoms with E-state index in [4.69, 9.17) is 14.3 Å². The molecule has 3 aliphatic heterocycles. The molecular weight excluding hydrogens is 464 g/mol. The van der Waals surface area contributed by atoms with Crippen LogP contribution in [0.4, 0.5) is 4.79 Å². The van der Waals surface area contributed by atoms with Crippen LogP contribution >= 0.6 is 0 Å². The van der Waals surface area contributed by atoms with E-state index in [1.807, 2.05) is 44.2 Å². The number of hydrogen-bond donors (Lipinski definition) is 2. The number of nitrogens with one attached hydrogen (secondary N) is 2. The first-order chi connectivity index (χ1) is 17.3. The van der Waals surface area contributed by atoms with Gasteiger partial charge in [-0.15, -0.1) is 5.06 Å². The summed E-state index contributed by atoms with van der Waals surface area (Å²) in [5.41, 5.74) is 0.610. The quantitative estimate of drug-likeness (QED) is 0.519. The molecule has 2 N–H and O–H groups in total. The lowest BCUT2D eigenvalue weighted by Crippen LogP contribution is -2.56. The largest absolute Gasteiger partial charge is 0.426 e. The van der Waals surface area contributed by atoms with Gasteiger partial charge in [0.15, 0.2) is 5.78 Å². The van der Waals surface area contributed by atoms with Crippen molar-refractivity contribution in [2.75, 3.05) is 52.5 Å². The van der Waals surface area contributed by atoms with Gasteiger partial charge in [-0.2, -0.15) is 0 Å². The summed E-state index contributed by atoms with van der Waals surface area (Å²) in [6, 6.07) is 8.19. The van der Waals surface area contributed by atoms with Crippen LogP contribution in [0.3, 0.4) is 0 Å². The number of carbonyl (C=O) groups is 3. The zero-order valence-corrected chi connectivity index (χ0v) is 21.2. The van der Waals surface area contributed by atoms with Gasteiger partial charge >= 0.3 is 6.09 Å². The van der Waals surface area contributed by atoms with E-state index >= 15 is 0 Å². The van der Waals surface area contributed by atoms with Crippen LogP contribution in [-0.4, -0.2) is 98.5 Å². The molecule has 0 saturated carbocycles. The molecule has 0 aromatic heterocycles. The fourth-order valence-corrected chi connectivity index (χ4v) is 5.04. The highest BCUT2D eigenvalue weighted by atomic mass is 16.7. The summed E-state index contributed by atoms with van der Waals surface area (Å²) < 4.78 is 11.0. The number of likely N-dealkylation sites (tertiary alicyclic amines) is 1. The molecule has 0 bridgehead atoms. The molecule has 10 nitrogen and oxygen atoms in total. The van der Waals surface area contributed by atoms with Crippen LogP contribution in [-0.2, 0) is 29.3 Å². The molecule has 2 unspecified atom stereocenters. The number of nitrogens with zero attached hydrogens (tertiary/aromatic N) is 2. The highest BCUT2D eigenvalue weighted by Crippen LogP contribution is 2.28. The van der Waals surface area contributed by atoms with Gasteiger partial charge in [-0.25, -0.2) is 4.79 Å². The smallest absolute Gasteiger partial charge is 0.379 e. The number of ether oxygens (including phenoxy) is 2. The van der Waals surface area contributed by atoms with E-state index in [-0.39, 0.29) is 12.4 Å². The van der Waals surface area contributed by atoms with Crippen molar-refractivity contribution in [3.8, 4) is 0 Å². The van der Waals surface area contributed by atoms with Crippen LogP contribution in [0.5, 0.6) is 0 Å². The third-order valence-corrected chi connectivity index (χ3v) is 7.15. The second-order valence-electron chi connectivity index (χ2n) is 10.4. The van der Waals surface area contributed by atoms with Crippen LogP contribution < -0.4 is 10.6 Å². The molecule has 0 aliphatic carbocycles. The molecule has 3 saturated heterocycles. The minimum Gasteiger partial charge on any atom is -0.379 e. The van der Waals surface area contributed by atoms with E-state index in [2.05, 4.69) is 15.5 Å². The maximum Gasteiger partial charge on any atom is 0.426 e. The number of benzene rings is 1. The number of hydroxylamine groups is 2. The van der Waals surface area contributed by atoms with Crippen molar-refractivity contribution < 1.29 is 28.7 Å². The van der Waals surface area contributed by atoms with E-state index in [1.165, 1.54) is 5.06 Å². The maximum absolute atomic E-state index is 13.5. The first-order valence-electron chi connectivity index (χ1n) is 12.9. The first kappa shape index (κ1) is 26.5. The Bertz CT molecular complexity index is 899. The standard InChI is InChI=1S/C26H38N4O6/c1-26(2,19-8-4-3-5-9-19)16-20(27-25(33)36-30-12-14-34-15-13-30)24(32)28-23-21(31)18-35-22(23)17-29-10-6-7-11-29/h3-5,8-9,20,22-23H,6-7,10-18H2,1-2H3,(H,27,33)(H,28,32)/t20-,22?,23?/m0/s1. The molecule has 3 fully saturated rings. The van der Waals surface area contributed by atoms with Crippen LogP contribution in [0.15, 0.2) is 30.3 Å². The Balaban J connectivity index is 1.45. The Labute approximate surface area is 212 Å². The molecule has 0 radical (unpaired) electrons. The molecule has 3 atom stereocenters. The fourth-order valence-electron chi connectivity index (χ4n) is 5.04. The second kappa shape index (κ2) is 12.1. The monoisotopic (exact) mass is 502 g/mol. The van der Waals surface area contributed by atoms with E-state index in [0.717, 1.165) is 31.5 Å². The van der Waals surface area contributed by atoms with Gasteiger partial charge in [-0.05, 0) is 43.3 Å². The predicted octanol–water partition coefficient (Wildman–Crippen LogP) is 1.24. The lowest BCUT2D eigenvalue weighted by Gasteiger charge is -2.32. The van der Waals surface area contributed by atoms with Crippen molar-refractivity contribution in [3.63, 3.8) is 0 Å².